The SMILES string of the molecule is O=C(NC1(CC(=O)N2C3CCC2C(C(=O)O)C3)CCC1)OCC1c2ccccc2-c2ccccc21. The number of nitrogens with one attached hydrogen (secondary N) is 1. The molecule has 182 valence electrons. The Hall–Kier alpha value is -3.35. The van der Waals surface area contributed by atoms with Crippen molar-refractivity contribution in [3.05, 3.63) is 59.7 Å². The van der Waals surface area contributed by atoms with E-state index in [9.17, 15) is 19.5 Å². The van der Waals surface area contributed by atoms with Crippen molar-refractivity contribution in [2.45, 2.75) is 68.5 Å². The molecule has 2 amide bonds. The van der Waals surface area contributed by atoms with E-state index in [1.54, 1.807) is 4.90 Å². The smallest absolute Gasteiger partial charge is 0.407 e. The van der Waals surface area contributed by atoms with Crippen molar-refractivity contribution in [3.63, 3.8) is 0 Å². The molecule has 3 fully saturated rings. The molecular weight excluding hydrogens is 444 g/mol. The molecule has 2 heterocycles. The van der Waals surface area contributed by atoms with Crippen molar-refractivity contribution >= 4 is 18.0 Å². The van der Waals surface area contributed by atoms with Crippen molar-refractivity contribution in [1.82, 2.24) is 10.2 Å². The summed E-state index contributed by atoms with van der Waals surface area (Å²) in [6.07, 6.45) is 4.28. The second kappa shape index (κ2) is 8.40. The lowest BCUT2D eigenvalue weighted by atomic mass is 9.74. The van der Waals surface area contributed by atoms with Crippen molar-refractivity contribution in [2.75, 3.05) is 6.61 Å². The van der Waals surface area contributed by atoms with E-state index in [4.69, 9.17) is 4.74 Å². The summed E-state index contributed by atoms with van der Waals surface area (Å²) in [4.78, 5) is 39.5. The molecule has 7 heteroatoms. The van der Waals surface area contributed by atoms with Crippen LogP contribution < -0.4 is 5.32 Å². The van der Waals surface area contributed by atoms with Crippen LogP contribution in [0.5, 0.6) is 0 Å². The van der Waals surface area contributed by atoms with E-state index < -0.39 is 23.5 Å². The molecule has 2 aromatic carbocycles. The Balaban J connectivity index is 1.10. The largest absolute Gasteiger partial charge is 0.481 e. The van der Waals surface area contributed by atoms with Gasteiger partial charge in [0.2, 0.25) is 5.91 Å². The molecule has 2 aliphatic heterocycles. The standard InChI is InChI=1S/C28H30N2O5/c31-25(30-17-10-11-24(30)22(14-17)26(32)33)15-28(12-5-13-28)29-27(34)35-16-23-20-8-3-1-6-18(20)19-7-2-4-9-21(19)23/h1-4,6-9,17,22-24H,5,10-16H2,(H,29,34)(H,32,33). The van der Waals surface area contributed by atoms with Crippen LogP contribution in [0.3, 0.4) is 0 Å². The van der Waals surface area contributed by atoms with E-state index in [2.05, 4.69) is 29.6 Å². The fourth-order valence-electron chi connectivity index (χ4n) is 6.82. The van der Waals surface area contributed by atoms with Crippen LogP contribution >= 0.6 is 0 Å². The summed E-state index contributed by atoms with van der Waals surface area (Å²) in [5.41, 5.74) is 4.08. The van der Waals surface area contributed by atoms with Gasteiger partial charge in [0.15, 0.2) is 0 Å². The van der Waals surface area contributed by atoms with Crippen molar-refractivity contribution in [2.24, 2.45) is 5.92 Å². The topological polar surface area (TPSA) is 95.9 Å². The number of alkyl carbamates (subject to hydrolysis) is 1. The van der Waals surface area contributed by atoms with E-state index in [1.165, 1.54) is 11.1 Å². The maximum Gasteiger partial charge on any atom is 0.407 e. The summed E-state index contributed by atoms with van der Waals surface area (Å²) in [5.74, 6) is -1.34. The maximum atomic E-state index is 13.2. The minimum absolute atomic E-state index is 0.0136. The lowest BCUT2D eigenvalue weighted by Gasteiger charge is -2.42. The van der Waals surface area contributed by atoms with E-state index in [0.29, 0.717) is 6.42 Å². The fourth-order valence-corrected chi connectivity index (χ4v) is 6.82. The quantitative estimate of drug-likeness (QED) is 0.651. The molecule has 2 aromatic rings. The van der Waals surface area contributed by atoms with Gasteiger partial charge in [-0.25, -0.2) is 4.79 Å². The van der Waals surface area contributed by atoms with Crippen LogP contribution in [0.15, 0.2) is 48.5 Å². The number of ether oxygens (including phenoxy) is 1. The third kappa shape index (κ3) is 3.68. The number of fused-ring (bicyclic) bond motifs is 5. The molecule has 2 aliphatic carbocycles. The summed E-state index contributed by atoms with van der Waals surface area (Å²) >= 11 is 0. The van der Waals surface area contributed by atoms with Crippen LogP contribution in [0.25, 0.3) is 11.1 Å². The first-order chi connectivity index (χ1) is 17.0. The summed E-state index contributed by atoms with van der Waals surface area (Å²) < 4.78 is 5.73. The first-order valence-electron chi connectivity index (χ1n) is 12.6. The van der Waals surface area contributed by atoms with Gasteiger partial charge in [0.25, 0.3) is 0 Å². The van der Waals surface area contributed by atoms with Crippen molar-refractivity contribution in [3.8, 4) is 11.1 Å². The molecule has 1 saturated carbocycles. The Labute approximate surface area is 204 Å². The normalized spacial score (nSPS) is 25.5. The lowest BCUT2D eigenvalue weighted by Crippen LogP contribution is -2.56. The number of hydrogen-bond acceptors (Lipinski definition) is 4. The van der Waals surface area contributed by atoms with Crippen LogP contribution in [0.1, 0.15) is 62.0 Å². The summed E-state index contributed by atoms with van der Waals surface area (Å²) in [7, 11) is 0. The highest BCUT2D eigenvalue weighted by atomic mass is 16.5. The van der Waals surface area contributed by atoms with Gasteiger partial charge in [-0.15, -0.1) is 0 Å². The van der Waals surface area contributed by atoms with Gasteiger partial charge in [-0.3, -0.25) is 9.59 Å². The monoisotopic (exact) mass is 474 g/mol. The highest BCUT2D eigenvalue weighted by molar-refractivity contribution is 5.83. The third-order valence-corrected chi connectivity index (χ3v) is 8.65. The summed E-state index contributed by atoms with van der Waals surface area (Å²) in [6, 6.07) is 16.2. The number of carbonyl (C=O) groups is 3. The van der Waals surface area contributed by atoms with Gasteiger partial charge in [-0.2, -0.15) is 0 Å². The van der Waals surface area contributed by atoms with E-state index >= 15 is 0 Å². The Morgan fingerprint density at radius 1 is 1.00 bits per heavy atom. The predicted octanol–water partition coefficient (Wildman–Crippen LogP) is 4.30. The van der Waals surface area contributed by atoms with Gasteiger partial charge >= 0.3 is 12.1 Å². The molecule has 0 aromatic heterocycles. The molecule has 6 rings (SSSR count). The van der Waals surface area contributed by atoms with Gasteiger partial charge in [0.1, 0.15) is 6.61 Å². The summed E-state index contributed by atoms with van der Waals surface area (Å²) in [6.45, 7) is 0.237. The van der Waals surface area contributed by atoms with E-state index in [-0.39, 0.29) is 36.9 Å². The Morgan fingerprint density at radius 3 is 2.23 bits per heavy atom. The minimum atomic E-state index is -0.815. The number of carboxylic acids is 1. The molecule has 3 atom stereocenters. The number of nitrogens with zero attached hydrogens (tertiary/aromatic N) is 1. The second-order valence-electron chi connectivity index (χ2n) is 10.5. The first-order valence-corrected chi connectivity index (χ1v) is 12.6. The summed E-state index contributed by atoms with van der Waals surface area (Å²) in [5, 5.41) is 12.5. The average Bonchev–Trinajstić information content (AvgIpc) is 3.51. The Bertz CT molecular complexity index is 1140. The van der Waals surface area contributed by atoms with Crippen molar-refractivity contribution < 1.29 is 24.2 Å². The zero-order chi connectivity index (χ0) is 24.2. The van der Waals surface area contributed by atoms with Crippen LogP contribution in [-0.2, 0) is 14.3 Å². The number of aliphatic carboxylic acids is 1. The molecule has 2 bridgehead atoms. The molecule has 0 spiro atoms. The molecule has 35 heavy (non-hydrogen) atoms. The second-order valence-corrected chi connectivity index (χ2v) is 10.5. The number of amides is 2. The number of carboxylic acid groups (broad SMARTS) is 1. The van der Waals surface area contributed by atoms with Crippen LogP contribution in [0, 0.1) is 5.92 Å². The number of benzene rings is 2. The average molecular weight is 475 g/mol. The zero-order valence-electron chi connectivity index (χ0n) is 19.6. The predicted molar refractivity (Wildman–Crippen MR) is 129 cm³/mol. The Kier molecular flexibility index (Phi) is 5.31. The van der Waals surface area contributed by atoms with Gasteiger partial charge < -0.3 is 20.1 Å². The van der Waals surface area contributed by atoms with Crippen LogP contribution in [0.4, 0.5) is 4.79 Å². The van der Waals surface area contributed by atoms with Gasteiger partial charge in [0.05, 0.1) is 17.9 Å². The number of carbonyl (C=O) groups excluding carboxylic acids is 2. The molecule has 2 N–H and O–H groups in total. The van der Waals surface area contributed by atoms with Gasteiger partial charge in [-0.05, 0) is 60.8 Å². The van der Waals surface area contributed by atoms with E-state index in [1.807, 2.05) is 24.3 Å². The fraction of sp³-hybridized carbons (Fsp3) is 0.464. The number of hydrogen-bond donors (Lipinski definition) is 2. The minimum Gasteiger partial charge on any atom is -0.481 e. The Morgan fingerprint density at radius 2 is 1.66 bits per heavy atom. The molecular formula is C28H30N2O5. The maximum absolute atomic E-state index is 13.2. The van der Waals surface area contributed by atoms with Crippen LogP contribution in [0.2, 0.25) is 0 Å². The molecule has 2 saturated heterocycles. The van der Waals surface area contributed by atoms with Crippen LogP contribution in [-0.4, -0.2) is 52.2 Å². The third-order valence-electron chi connectivity index (χ3n) is 8.65. The van der Waals surface area contributed by atoms with Gasteiger partial charge in [-0.1, -0.05) is 48.5 Å². The molecule has 0 radical (unpaired) electrons. The molecule has 7 nitrogen and oxygen atoms in total. The number of rotatable bonds is 6. The zero-order valence-corrected chi connectivity index (χ0v) is 19.6. The molecule has 3 unspecified atom stereocenters. The van der Waals surface area contributed by atoms with Crippen molar-refractivity contribution in [1.29, 1.82) is 0 Å². The van der Waals surface area contributed by atoms with Gasteiger partial charge in [0, 0.05) is 18.0 Å². The highest BCUT2D eigenvalue weighted by Gasteiger charge is 2.53. The first kappa shape index (κ1) is 22.1. The van der Waals surface area contributed by atoms with E-state index in [0.717, 1.165) is 43.2 Å². The molecule has 4 aliphatic rings. The lowest BCUT2D eigenvalue weighted by molar-refractivity contribution is -0.143. The highest BCUT2D eigenvalue weighted by Crippen LogP contribution is 2.46.